The molecule has 0 fully saturated rings. The molecule has 146 valence electrons. The summed E-state index contributed by atoms with van der Waals surface area (Å²) >= 11 is 0. The van der Waals surface area contributed by atoms with E-state index in [1.807, 2.05) is 32.3 Å². The van der Waals surface area contributed by atoms with Gasteiger partial charge in [-0.3, -0.25) is 0 Å². The van der Waals surface area contributed by atoms with Gasteiger partial charge in [-0.25, -0.2) is 4.99 Å². The highest BCUT2D eigenvalue weighted by Crippen LogP contribution is 2.27. The van der Waals surface area contributed by atoms with E-state index in [0.29, 0.717) is 13.1 Å². The van der Waals surface area contributed by atoms with E-state index in [9.17, 15) is 0 Å². The van der Waals surface area contributed by atoms with Crippen molar-refractivity contribution in [1.82, 2.24) is 10.6 Å². The number of ether oxygens (including phenoxy) is 2. The molecule has 2 aromatic rings. The maximum absolute atomic E-state index is 5.36. The van der Waals surface area contributed by atoms with E-state index in [1.54, 1.807) is 14.2 Å². The molecule has 2 aromatic carbocycles. The lowest BCUT2D eigenvalue weighted by Crippen LogP contribution is -2.36. The largest absolute Gasteiger partial charge is 0.493 e. The van der Waals surface area contributed by atoms with Crippen LogP contribution < -0.4 is 25.0 Å². The number of hydrogen-bond acceptors (Lipinski definition) is 4. The Balaban J connectivity index is 2.04. The molecule has 0 heterocycles. The average molecular weight is 370 g/mol. The summed E-state index contributed by atoms with van der Waals surface area (Å²) in [5.41, 5.74) is 3.43. The fourth-order valence-corrected chi connectivity index (χ4v) is 2.62. The third-order valence-electron chi connectivity index (χ3n) is 4.10. The van der Waals surface area contributed by atoms with Crippen LogP contribution in [-0.4, -0.2) is 40.8 Å². The second-order valence-corrected chi connectivity index (χ2v) is 6.30. The van der Waals surface area contributed by atoms with Crippen LogP contribution in [0.5, 0.6) is 11.5 Å². The second-order valence-electron chi connectivity index (χ2n) is 6.30. The molecule has 2 N–H and O–H groups in total. The van der Waals surface area contributed by atoms with Crippen LogP contribution in [-0.2, 0) is 13.1 Å². The summed E-state index contributed by atoms with van der Waals surface area (Å²) in [6, 6.07) is 14.3. The van der Waals surface area contributed by atoms with Crippen molar-refractivity contribution in [2.75, 3.05) is 39.8 Å². The highest BCUT2D eigenvalue weighted by atomic mass is 16.5. The first-order valence-corrected chi connectivity index (χ1v) is 9.06. The molecule has 0 amide bonds. The van der Waals surface area contributed by atoms with Gasteiger partial charge >= 0.3 is 0 Å². The summed E-state index contributed by atoms with van der Waals surface area (Å²) in [5, 5.41) is 6.65. The third kappa shape index (κ3) is 6.09. The Morgan fingerprint density at radius 1 is 0.963 bits per heavy atom. The average Bonchev–Trinajstić information content (AvgIpc) is 2.70. The highest BCUT2D eigenvalue weighted by Gasteiger charge is 2.05. The van der Waals surface area contributed by atoms with Gasteiger partial charge in [0, 0.05) is 32.9 Å². The quantitative estimate of drug-likeness (QED) is 0.553. The third-order valence-corrected chi connectivity index (χ3v) is 4.10. The Morgan fingerprint density at radius 2 is 1.74 bits per heavy atom. The fourth-order valence-electron chi connectivity index (χ4n) is 2.62. The molecular weight excluding hydrogens is 340 g/mol. The van der Waals surface area contributed by atoms with E-state index in [-0.39, 0.29) is 0 Å². The van der Waals surface area contributed by atoms with Gasteiger partial charge in [0.05, 0.1) is 20.8 Å². The van der Waals surface area contributed by atoms with E-state index in [1.165, 1.54) is 11.3 Å². The van der Waals surface area contributed by atoms with Gasteiger partial charge in [-0.2, -0.15) is 0 Å². The second kappa shape index (κ2) is 10.3. The molecule has 0 saturated heterocycles. The van der Waals surface area contributed by atoms with Gasteiger partial charge in [0.25, 0.3) is 0 Å². The minimum atomic E-state index is 0.614. The van der Waals surface area contributed by atoms with Crippen molar-refractivity contribution in [3.63, 3.8) is 0 Å². The molecule has 6 nitrogen and oxygen atoms in total. The van der Waals surface area contributed by atoms with Gasteiger partial charge < -0.3 is 25.0 Å². The lowest BCUT2D eigenvalue weighted by Gasteiger charge is -2.14. The van der Waals surface area contributed by atoms with Crippen LogP contribution >= 0.6 is 0 Å². The molecule has 0 aliphatic carbocycles. The molecular formula is C21H30N4O2. The van der Waals surface area contributed by atoms with E-state index in [0.717, 1.165) is 29.6 Å². The first kappa shape index (κ1) is 20.4. The van der Waals surface area contributed by atoms with Gasteiger partial charge in [0.15, 0.2) is 17.5 Å². The number of nitrogens with one attached hydrogen (secondary N) is 2. The van der Waals surface area contributed by atoms with Crippen LogP contribution in [0.4, 0.5) is 5.69 Å². The lowest BCUT2D eigenvalue weighted by atomic mass is 10.2. The molecule has 0 unspecified atom stereocenters. The maximum atomic E-state index is 5.36. The summed E-state index contributed by atoms with van der Waals surface area (Å²) < 4.78 is 10.6. The van der Waals surface area contributed by atoms with Crippen LogP contribution in [0.15, 0.2) is 47.5 Å². The lowest BCUT2D eigenvalue weighted by molar-refractivity contribution is 0.354. The van der Waals surface area contributed by atoms with Gasteiger partial charge in [-0.15, -0.1) is 0 Å². The molecule has 0 spiro atoms. The number of rotatable bonds is 8. The van der Waals surface area contributed by atoms with Crippen molar-refractivity contribution >= 4 is 11.6 Å². The maximum Gasteiger partial charge on any atom is 0.191 e. The Hall–Kier alpha value is -2.89. The fraction of sp³-hybridized carbons (Fsp3) is 0.381. The van der Waals surface area contributed by atoms with Gasteiger partial charge in [-0.05, 0) is 42.3 Å². The van der Waals surface area contributed by atoms with Crippen LogP contribution in [0.1, 0.15) is 18.1 Å². The Bertz CT molecular complexity index is 760. The normalized spacial score (nSPS) is 11.1. The molecule has 6 heteroatoms. The summed E-state index contributed by atoms with van der Waals surface area (Å²) in [4.78, 5) is 6.79. The number of guanidine groups is 1. The van der Waals surface area contributed by atoms with Crippen LogP contribution in [0.25, 0.3) is 0 Å². The summed E-state index contributed by atoms with van der Waals surface area (Å²) in [6.45, 7) is 4.11. The molecule has 0 bridgehead atoms. The SMILES string of the molecule is CCNC(=NCc1cccc(N(C)C)c1)NCc1ccc(OC)c(OC)c1. The van der Waals surface area contributed by atoms with Crippen LogP contribution in [0.2, 0.25) is 0 Å². The van der Waals surface area contributed by atoms with E-state index >= 15 is 0 Å². The van der Waals surface area contributed by atoms with Crippen molar-refractivity contribution in [2.45, 2.75) is 20.0 Å². The summed E-state index contributed by atoms with van der Waals surface area (Å²) in [5.74, 6) is 2.23. The van der Waals surface area contributed by atoms with Crippen LogP contribution in [0, 0.1) is 0 Å². The first-order chi connectivity index (χ1) is 13.1. The van der Waals surface area contributed by atoms with Gasteiger partial charge in [0.1, 0.15) is 0 Å². The predicted octanol–water partition coefficient (Wildman–Crippen LogP) is 3.03. The van der Waals surface area contributed by atoms with E-state index in [2.05, 4.69) is 46.7 Å². The molecule has 0 radical (unpaired) electrons. The monoisotopic (exact) mass is 370 g/mol. The molecule has 27 heavy (non-hydrogen) atoms. The van der Waals surface area contributed by atoms with Crippen molar-refractivity contribution in [2.24, 2.45) is 4.99 Å². The number of methoxy groups -OCH3 is 2. The van der Waals surface area contributed by atoms with Crippen molar-refractivity contribution in [1.29, 1.82) is 0 Å². The molecule has 0 aromatic heterocycles. The van der Waals surface area contributed by atoms with Gasteiger partial charge in [-0.1, -0.05) is 18.2 Å². The van der Waals surface area contributed by atoms with Gasteiger partial charge in [0.2, 0.25) is 0 Å². The minimum absolute atomic E-state index is 0.614. The van der Waals surface area contributed by atoms with Crippen molar-refractivity contribution < 1.29 is 9.47 Å². The zero-order chi connectivity index (χ0) is 19.6. The minimum Gasteiger partial charge on any atom is -0.493 e. The van der Waals surface area contributed by atoms with Crippen LogP contribution in [0.3, 0.4) is 0 Å². The molecule has 0 aliphatic heterocycles. The summed E-state index contributed by atoms with van der Waals surface area (Å²) in [6.07, 6.45) is 0. The number of nitrogens with zero attached hydrogens (tertiary/aromatic N) is 2. The molecule has 0 saturated carbocycles. The molecule has 0 atom stereocenters. The Kier molecular flexibility index (Phi) is 7.79. The summed E-state index contributed by atoms with van der Waals surface area (Å²) in [7, 11) is 7.35. The van der Waals surface area contributed by atoms with Crippen molar-refractivity contribution in [3.8, 4) is 11.5 Å². The predicted molar refractivity (Wildman–Crippen MR) is 112 cm³/mol. The number of hydrogen-bond donors (Lipinski definition) is 2. The zero-order valence-corrected chi connectivity index (χ0v) is 16.9. The first-order valence-electron chi connectivity index (χ1n) is 9.06. The highest BCUT2D eigenvalue weighted by molar-refractivity contribution is 5.79. The molecule has 0 aliphatic rings. The smallest absolute Gasteiger partial charge is 0.191 e. The topological polar surface area (TPSA) is 58.1 Å². The van der Waals surface area contributed by atoms with E-state index < -0.39 is 0 Å². The molecule has 2 rings (SSSR count). The van der Waals surface area contributed by atoms with E-state index in [4.69, 9.17) is 14.5 Å². The Labute approximate surface area is 162 Å². The number of aliphatic imine (C=N–C) groups is 1. The number of anilines is 1. The van der Waals surface area contributed by atoms with Crippen molar-refractivity contribution in [3.05, 3.63) is 53.6 Å². The zero-order valence-electron chi connectivity index (χ0n) is 16.9. The number of benzene rings is 2. The Morgan fingerprint density at radius 3 is 2.41 bits per heavy atom. The standard InChI is InChI=1S/C21H30N4O2/c1-6-22-21(23-14-16-8-7-9-18(12-16)25(2)3)24-15-17-10-11-19(26-4)20(13-17)27-5/h7-13H,6,14-15H2,1-5H3,(H2,22,23,24).